The summed E-state index contributed by atoms with van der Waals surface area (Å²) in [5.74, 6) is 0.292. The lowest BCUT2D eigenvalue weighted by molar-refractivity contribution is 0.426. The Labute approximate surface area is 23.8 Å². The number of aliphatic hydroxyl groups excluding tert-OH is 1. The first-order chi connectivity index (χ1) is 1.89. The fourth-order valence-electron chi connectivity index (χ4n) is 0.0323. The maximum atomic E-state index is 7.92. The summed E-state index contributed by atoms with van der Waals surface area (Å²) in [6, 6.07) is 0. The standard InChI is InChI=1S/C2H3NO/c4-2-1-3-2/h1,3-4H. The predicted molar refractivity (Wildman–Crippen MR) is 13.8 cm³/mol. The van der Waals surface area contributed by atoms with Crippen molar-refractivity contribution in [3.63, 3.8) is 0 Å². The van der Waals surface area contributed by atoms with Crippen LogP contribution in [0.4, 0.5) is 0 Å². The van der Waals surface area contributed by atoms with E-state index >= 15 is 0 Å². The highest BCUT2D eigenvalue weighted by molar-refractivity contribution is 5.04. The number of aliphatic hydroxyl groups is 1. The van der Waals surface area contributed by atoms with E-state index in [2.05, 4.69) is 5.32 Å². The summed E-state index contributed by atoms with van der Waals surface area (Å²) in [4.78, 5) is 0. The highest BCUT2D eigenvalue weighted by Gasteiger charge is 1.96. The van der Waals surface area contributed by atoms with Gasteiger partial charge in [0.2, 0.25) is 5.88 Å². The van der Waals surface area contributed by atoms with Gasteiger partial charge in [-0.3, -0.25) is 0 Å². The second-order valence-corrected chi connectivity index (χ2v) is 0.674. The lowest BCUT2D eigenvalue weighted by Crippen LogP contribution is -1.69. The van der Waals surface area contributed by atoms with Crippen molar-refractivity contribution in [1.29, 1.82) is 0 Å². The van der Waals surface area contributed by atoms with Crippen molar-refractivity contribution >= 4 is 0 Å². The molecule has 0 amide bonds. The second kappa shape index (κ2) is 0.223. The highest BCUT2D eigenvalue weighted by Crippen LogP contribution is 1.89. The van der Waals surface area contributed by atoms with Crippen LogP contribution < -0.4 is 5.32 Å². The molecule has 2 heteroatoms. The Morgan fingerprint density at radius 1 is 2.00 bits per heavy atom. The highest BCUT2D eigenvalue weighted by atomic mass is 16.3. The molecule has 0 aromatic rings. The third-order valence-electron chi connectivity index (χ3n) is 0.273. The molecule has 0 saturated heterocycles. The minimum absolute atomic E-state index is 0.292. The Morgan fingerprint density at radius 3 is 2.25 bits per heavy atom. The van der Waals surface area contributed by atoms with Gasteiger partial charge in [-0.25, -0.2) is 0 Å². The van der Waals surface area contributed by atoms with Gasteiger partial charge in [-0.1, -0.05) is 0 Å². The molecule has 0 aromatic carbocycles. The first-order valence-electron chi connectivity index (χ1n) is 1.05. The molecule has 1 aliphatic rings. The molecule has 0 aromatic heterocycles. The van der Waals surface area contributed by atoms with Gasteiger partial charge >= 0.3 is 0 Å². The maximum Gasteiger partial charge on any atom is 0.205 e. The molecule has 1 rings (SSSR count). The molecule has 4 heavy (non-hydrogen) atoms. The average molecular weight is 57.1 g/mol. The maximum absolute atomic E-state index is 7.92. The first kappa shape index (κ1) is 1.64. The van der Waals surface area contributed by atoms with E-state index in [0.29, 0.717) is 5.88 Å². The van der Waals surface area contributed by atoms with Crippen LogP contribution in [0.2, 0.25) is 0 Å². The van der Waals surface area contributed by atoms with Crippen LogP contribution in [0.5, 0.6) is 0 Å². The Morgan fingerprint density at radius 2 is 2.25 bits per heavy atom. The van der Waals surface area contributed by atoms with E-state index in [1.807, 2.05) is 0 Å². The first-order valence-corrected chi connectivity index (χ1v) is 1.05. The van der Waals surface area contributed by atoms with Gasteiger partial charge in [-0.2, -0.15) is 0 Å². The van der Waals surface area contributed by atoms with Crippen LogP contribution in [0.1, 0.15) is 0 Å². The van der Waals surface area contributed by atoms with Crippen molar-refractivity contribution in [1.82, 2.24) is 5.32 Å². The molecule has 2 nitrogen and oxygen atoms in total. The normalized spacial score (nSPS) is 17.5. The zero-order valence-electron chi connectivity index (χ0n) is 2.02. The van der Waals surface area contributed by atoms with Crippen molar-refractivity contribution in [2.75, 3.05) is 0 Å². The smallest absolute Gasteiger partial charge is 0.205 e. The average Bonchev–Trinajstić information content (AvgIpc) is 1.75. The topological polar surface area (TPSA) is 42.2 Å². The molecule has 0 spiro atoms. The summed E-state index contributed by atoms with van der Waals surface area (Å²) in [6.45, 7) is 0. The van der Waals surface area contributed by atoms with Crippen LogP contribution in [0.25, 0.3) is 0 Å². The van der Waals surface area contributed by atoms with Crippen LogP contribution in [0, 0.1) is 0 Å². The molecule has 0 aliphatic carbocycles. The molecular weight excluding hydrogens is 54.0 g/mol. The van der Waals surface area contributed by atoms with Gasteiger partial charge in [0.25, 0.3) is 0 Å². The fourth-order valence-corrected chi connectivity index (χ4v) is 0.0323. The summed E-state index contributed by atoms with van der Waals surface area (Å²) in [6.07, 6.45) is 1.51. The van der Waals surface area contributed by atoms with Crippen molar-refractivity contribution in [2.45, 2.75) is 0 Å². The summed E-state index contributed by atoms with van der Waals surface area (Å²) in [7, 11) is 0. The Hall–Kier alpha value is -0.660. The molecule has 0 bridgehead atoms. The molecule has 0 atom stereocenters. The van der Waals surface area contributed by atoms with E-state index < -0.39 is 0 Å². The van der Waals surface area contributed by atoms with Crippen LogP contribution in [-0.4, -0.2) is 5.11 Å². The SMILES string of the molecule is OC1=CN1. The third-order valence-corrected chi connectivity index (χ3v) is 0.273. The van der Waals surface area contributed by atoms with Crippen LogP contribution in [0.15, 0.2) is 12.1 Å². The minimum Gasteiger partial charge on any atom is -0.494 e. The number of hydrogen-bond acceptors (Lipinski definition) is 2. The molecule has 0 saturated carbocycles. The number of rotatable bonds is 0. The van der Waals surface area contributed by atoms with Gasteiger partial charge in [-0.15, -0.1) is 0 Å². The lowest BCUT2D eigenvalue weighted by Gasteiger charge is -1.56. The van der Waals surface area contributed by atoms with E-state index in [9.17, 15) is 0 Å². The van der Waals surface area contributed by atoms with Crippen LogP contribution in [-0.2, 0) is 0 Å². The second-order valence-electron chi connectivity index (χ2n) is 0.674. The third kappa shape index (κ3) is 0.0283. The van der Waals surface area contributed by atoms with Crippen LogP contribution in [0.3, 0.4) is 0 Å². The predicted octanol–water partition coefficient (Wildman–Crippen LogP) is -0.0535. The molecule has 2 N–H and O–H groups in total. The Bertz CT molecular complexity index is 57.1. The number of nitrogens with one attached hydrogen (secondary N) is 1. The fraction of sp³-hybridized carbons (Fsp3) is 0. The quantitative estimate of drug-likeness (QED) is 0.409. The van der Waals surface area contributed by atoms with Crippen molar-refractivity contribution in [2.24, 2.45) is 0 Å². The summed E-state index contributed by atoms with van der Waals surface area (Å²) in [5, 5.41) is 10.4. The Kier molecular flexibility index (Phi) is 0.0914. The van der Waals surface area contributed by atoms with Crippen molar-refractivity contribution < 1.29 is 5.11 Å². The lowest BCUT2D eigenvalue weighted by atomic mass is 11.2. The molecule has 1 heterocycles. The molecule has 1 aliphatic heterocycles. The zero-order valence-corrected chi connectivity index (χ0v) is 2.02. The van der Waals surface area contributed by atoms with E-state index in [4.69, 9.17) is 5.11 Å². The minimum atomic E-state index is 0.292. The van der Waals surface area contributed by atoms with E-state index in [1.165, 1.54) is 6.20 Å². The van der Waals surface area contributed by atoms with E-state index in [1.54, 1.807) is 0 Å². The van der Waals surface area contributed by atoms with Gasteiger partial charge in [0.15, 0.2) is 0 Å². The van der Waals surface area contributed by atoms with Gasteiger partial charge in [0, 0.05) is 0 Å². The molecule has 0 fully saturated rings. The van der Waals surface area contributed by atoms with Crippen molar-refractivity contribution in [3.8, 4) is 0 Å². The largest absolute Gasteiger partial charge is 0.494 e. The van der Waals surface area contributed by atoms with Gasteiger partial charge in [-0.05, 0) is 0 Å². The molecule has 22 valence electrons. The van der Waals surface area contributed by atoms with Crippen LogP contribution >= 0.6 is 0 Å². The van der Waals surface area contributed by atoms with Gasteiger partial charge < -0.3 is 10.4 Å². The van der Waals surface area contributed by atoms with Crippen molar-refractivity contribution in [3.05, 3.63) is 12.1 Å². The van der Waals surface area contributed by atoms with E-state index in [0.717, 1.165) is 0 Å². The molecule has 0 radical (unpaired) electrons. The van der Waals surface area contributed by atoms with Gasteiger partial charge in [0.05, 0.1) is 6.20 Å². The number of hydrogen-bond donors (Lipinski definition) is 2. The van der Waals surface area contributed by atoms with E-state index in [-0.39, 0.29) is 0 Å². The Balaban J connectivity index is 2.54. The zero-order chi connectivity index (χ0) is 2.99. The van der Waals surface area contributed by atoms with Gasteiger partial charge in [0.1, 0.15) is 0 Å². The molecular formula is C2H3NO. The summed E-state index contributed by atoms with van der Waals surface area (Å²) < 4.78 is 0. The monoisotopic (exact) mass is 57.0 g/mol. The summed E-state index contributed by atoms with van der Waals surface area (Å²) >= 11 is 0. The molecule has 0 unspecified atom stereocenters. The summed E-state index contributed by atoms with van der Waals surface area (Å²) in [5.41, 5.74) is 0.